The SMILES string of the molecule is CC(=O)SCC(=O)NCCCCCC(=O)Nc1ccc(OCCC=C2CCCCC2)cc1. The van der Waals surface area contributed by atoms with E-state index in [1.807, 2.05) is 24.3 Å². The molecule has 2 amide bonds. The number of benzene rings is 1. The first-order valence-electron chi connectivity index (χ1n) is 11.6. The van der Waals surface area contributed by atoms with Gasteiger partial charge in [0.15, 0.2) is 5.12 Å². The molecule has 0 heterocycles. The van der Waals surface area contributed by atoms with Crippen LogP contribution in [0.5, 0.6) is 5.75 Å². The highest BCUT2D eigenvalue weighted by atomic mass is 32.2. The average molecular weight is 461 g/mol. The minimum atomic E-state index is -0.128. The molecule has 1 aromatic rings. The number of thioether (sulfide) groups is 1. The number of unbranched alkanes of at least 4 members (excludes halogenated alkanes) is 2. The number of amides is 2. The fourth-order valence-corrected chi connectivity index (χ4v) is 3.98. The molecule has 0 aromatic heterocycles. The van der Waals surface area contributed by atoms with Crippen molar-refractivity contribution in [1.82, 2.24) is 5.32 Å². The molecule has 1 saturated carbocycles. The Morgan fingerprint density at radius 1 is 1.00 bits per heavy atom. The van der Waals surface area contributed by atoms with E-state index in [9.17, 15) is 14.4 Å². The van der Waals surface area contributed by atoms with Crippen molar-refractivity contribution in [2.75, 3.05) is 24.2 Å². The van der Waals surface area contributed by atoms with Crippen molar-refractivity contribution in [3.05, 3.63) is 35.9 Å². The quantitative estimate of drug-likeness (QED) is 0.311. The molecule has 1 aliphatic carbocycles. The second kappa shape index (κ2) is 15.5. The van der Waals surface area contributed by atoms with Crippen LogP contribution in [0.4, 0.5) is 5.69 Å². The standard InChI is InChI=1S/C25H36N2O4S/c1-20(28)32-19-25(30)26-17-7-3-6-12-24(29)27-22-13-15-23(16-14-22)31-18-8-11-21-9-4-2-5-10-21/h11,13-16H,2-10,12,17-19H2,1H3,(H,26,30)(H,27,29). The Balaban J connectivity index is 1.52. The minimum Gasteiger partial charge on any atom is -0.493 e. The third kappa shape index (κ3) is 11.9. The molecule has 0 unspecified atom stereocenters. The second-order valence-electron chi connectivity index (χ2n) is 8.07. The van der Waals surface area contributed by atoms with Crippen LogP contribution in [0.3, 0.4) is 0 Å². The zero-order valence-electron chi connectivity index (χ0n) is 19.1. The van der Waals surface area contributed by atoms with Crippen LogP contribution in [-0.2, 0) is 14.4 Å². The number of carbonyl (C=O) groups excluding carboxylic acids is 3. The first kappa shape index (κ1) is 26.0. The monoisotopic (exact) mass is 460 g/mol. The Morgan fingerprint density at radius 2 is 1.75 bits per heavy atom. The molecule has 2 rings (SSSR count). The van der Waals surface area contributed by atoms with Gasteiger partial charge in [-0.25, -0.2) is 0 Å². The van der Waals surface area contributed by atoms with Gasteiger partial charge in [-0.05, 0) is 69.2 Å². The summed E-state index contributed by atoms with van der Waals surface area (Å²) in [5.74, 6) is 0.838. The van der Waals surface area contributed by atoms with Crippen LogP contribution in [0.2, 0.25) is 0 Å². The number of carbonyl (C=O) groups is 3. The summed E-state index contributed by atoms with van der Waals surface area (Å²) in [7, 11) is 0. The number of anilines is 1. The van der Waals surface area contributed by atoms with E-state index in [0.717, 1.165) is 48.9 Å². The maximum Gasteiger partial charge on any atom is 0.230 e. The van der Waals surface area contributed by atoms with Gasteiger partial charge in [0.1, 0.15) is 5.75 Å². The molecule has 1 fully saturated rings. The highest BCUT2D eigenvalue weighted by molar-refractivity contribution is 8.14. The maximum atomic E-state index is 12.1. The fourth-order valence-electron chi connectivity index (χ4n) is 3.54. The highest BCUT2D eigenvalue weighted by Crippen LogP contribution is 2.23. The normalized spacial score (nSPS) is 13.3. The van der Waals surface area contributed by atoms with E-state index in [1.54, 1.807) is 5.57 Å². The molecule has 1 aromatic carbocycles. The fraction of sp³-hybridized carbons (Fsp3) is 0.560. The van der Waals surface area contributed by atoms with Gasteiger partial charge in [0.2, 0.25) is 11.8 Å². The molecule has 6 nitrogen and oxygen atoms in total. The van der Waals surface area contributed by atoms with Gasteiger partial charge in [-0.2, -0.15) is 0 Å². The Morgan fingerprint density at radius 3 is 2.47 bits per heavy atom. The molecule has 32 heavy (non-hydrogen) atoms. The summed E-state index contributed by atoms with van der Waals surface area (Å²) in [4.78, 5) is 34.4. The minimum absolute atomic E-state index is 0.0142. The summed E-state index contributed by atoms with van der Waals surface area (Å²) < 4.78 is 5.80. The first-order chi connectivity index (χ1) is 15.5. The summed E-state index contributed by atoms with van der Waals surface area (Å²) in [5.41, 5.74) is 2.34. The average Bonchev–Trinajstić information content (AvgIpc) is 2.79. The molecular weight excluding hydrogens is 424 g/mol. The molecule has 0 atom stereocenters. The zero-order chi connectivity index (χ0) is 23.0. The smallest absolute Gasteiger partial charge is 0.230 e. The lowest BCUT2D eigenvalue weighted by Gasteiger charge is -2.13. The van der Waals surface area contributed by atoms with Crippen LogP contribution in [0.15, 0.2) is 35.9 Å². The summed E-state index contributed by atoms with van der Waals surface area (Å²) >= 11 is 1.01. The second-order valence-corrected chi connectivity index (χ2v) is 9.23. The highest BCUT2D eigenvalue weighted by Gasteiger charge is 2.06. The number of nitrogens with one attached hydrogen (secondary N) is 2. The van der Waals surface area contributed by atoms with Gasteiger partial charge in [0.05, 0.1) is 12.4 Å². The molecule has 176 valence electrons. The first-order valence-corrected chi connectivity index (χ1v) is 12.6. The Hall–Kier alpha value is -2.28. The number of ether oxygens (including phenoxy) is 1. The van der Waals surface area contributed by atoms with Crippen molar-refractivity contribution in [3.8, 4) is 5.75 Å². The number of rotatable bonds is 13. The number of hydrogen-bond acceptors (Lipinski definition) is 5. The van der Waals surface area contributed by atoms with Crippen molar-refractivity contribution in [1.29, 1.82) is 0 Å². The molecule has 1 aliphatic rings. The van der Waals surface area contributed by atoms with Crippen molar-refractivity contribution >= 4 is 34.4 Å². The van der Waals surface area contributed by atoms with Gasteiger partial charge < -0.3 is 15.4 Å². The lowest BCUT2D eigenvalue weighted by Crippen LogP contribution is -2.26. The van der Waals surface area contributed by atoms with E-state index in [1.165, 1.54) is 39.0 Å². The molecule has 7 heteroatoms. The van der Waals surface area contributed by atoms with E-state index >= 15 is 0 Å². The Kier molecular flexibility index (Phi) is 12.6. The summed E-state index contributed by atoms with van der Waals surface area (Å²) in [5, 5.41) is 5.63. The predicted octanol–water partition coefficient (Wildman–Crippen LogP) is 5.24. The zero-order valence-corrected chi connectivity index (χ0v) is 19.9. The lowest BCUT2D eigenvalue weighted by molar-refractivity contribution is -0.119. The predicted molar refractivity (Wildman–Crippen MR) is 131 cm³/mol. The van der Waals surface area contributed by atoms with Crippen LogP contribution >= 0.6 is 11.8 Å². The van der Waals surface area contributed by atoms with Crippen LogP contribution in [-0.4, -0.2) is 35.8 Å². The molecule has 0 radical (unpaired) electrons. The van der Waals surface area contributed by atoms with Crippen LogP contribution < -0.4 is 15.4 Å². The van der Waals surface area contributed by atoms with Gasteiger partial charge >= 0.3 is 0 Å². The Bertz CT molecular complexity index is 754. The number of allylic oxidation sites excluding steroid dienone is 1. The van der Waals surface area contributed by atoms with Crippen LogP contribution in [0, 0.1) is 0 Å². The maximum absolute atomic E-state index is 12.1. The van der Waals surface area contributed by atoms with Crippen molar-refractivity contribution in [3.63, 3.8) is 0 Å². The van der Waals surface area contributed by atoms with Gasteiger partial charge in [-0.15, -0.1) is 0 Å². The summed E-state index contributed by atoms with van der Waals surface area (Å²) in [6, 6.07) is 7.50. The van der Waals surface area contributed by atoms with E-state index in [-0.39, 0.29) is 22.7 Å². The molecule has 0 saturated heterocycles. The molecule has 0 bridgehead atoms. The third-order valence-corrected chi connectivity index (χ3v) is 6.08. The van der Waals surface area contributed by atoms with Gasteiger partial charge in [-0.3, -0.25) is 14.4 Å². The topological polar surface area (TPSA) is 84.5 Å². The molecule has 0 spiro atoms. The molecular formula is C25H36N2O4S. The van der Waals surface area contributed by atoms with Gasteiger partial charge in [-0.1, -0.05) is 36.3 Å². The van der Waals surface area contributed by atoms with Gasteiger partial charge in [0.25, 0.3) is 0 Å². The van der Waals surface area contributed by atoms with E-state index in [2.05, 4.69) is 16.7 Å². The van der Waals surface area contributed by atoms with E-state index in [4.69, 9.17) is 4.74 Å². The Labute approximate surface area is 195 Å². The lowest BCUT2D eigenvalue weighted by atomic mass is 9.94. The largest absolute Gasteiger partial charge is 0.493 e. The molecule has 2 N–H and O–H groups in total. The van der Waals surface area contributed by atoms with Gasteiger partial charge in [0, 0.05) is 25.6 Å². The molecule has 0 aliphatic heterocycles. The van der Waals surface area contributed by atoms with Crippen LogP contribution in [0.25, 0.3) is 0 Å². The van der Waals surface area contributed by atoms with Crippen LogP contribution in [0.1, 0.15) is 71.1 Å². The summed E-state index contributed by atoms with van der Waals surface area (Å²) in [6.45, 7) is 2.69. The van der Waals surface area contributed by atoms with E-state index < -0.39 is 0 Å². The van der Waals surface area contributed by atoms with Crippen molar-refractivity contribution in [2.24, 2.45) is 0 Å². The van der Waals surface area contributed by atoms with Crippen molar-refractivity contribution < 1.29 is 19.1 Å². The third-order valence-electron chi connectivity index (χ3n) is 5.26. The van der Waals surface area contributed by atoms with Crippen molar-refractivity contribution in [2.45, 2.75) is 71.1 Å². The number of hydrogen-bond donors (Lipinski definition) is 2. The van der Waals surface area contributed by atoms with E-state index in [0.29, 0.717) is 19.6 Å². The summed E-state index contributed by atoms with van der Waals surface area (Å²) in [6.07, 6.45) is 12.6.